The van der Waals surface area contributed by atoms with Crippen molar-refractivity contribution in [1.82, 2.24) is 0 Å². The first kappa shape index (κ1) is 15.0. The van der Waals surface area contributed by atoms with E-state index in [1.54, 1.807) is 12.1 Å². The summed E-state index contributed by atoms with van der Waals surface area (Å²) in [7, 11) is 1.24. The zero-order valence-electron chi connectivity index (χ0n) is 10.9. The minimum absolute atomic E-state index is 0.404. The first-order valence-corrected chi connectivity index (χ1v) is 6.48. The minimum Gasteiger partial charge on any atom is -0.467 e. The molecule has 1 rings (SSSR count). The highest BCUT2D eigenvalue weighted by molar-refractivity contribution is 6.31. The summed E-state index contributed by atoms with van der Waals surface area (Å²) in [4.78, 5) is 11.2. The monoisotopic (exact) mass is 270 g/mol. The number of rotatable bonds is 5. The van der Waals surface area contributed by atoms with E-state index in [2.05, 4.69) is 18.6 Å². The molecule has 100 valence electrons. The molecule has 0 aliphatic carbocycles. The van der Waals surface area contributed by atoms with Crippen molar-refractivity contribution >= 4 is 17.6 Å². The van der Waals surface area contributed by atoms with Gasteiger partial charge in [-0.3, -0.25) is 0 Å². The SMILES string of the molecule is CCC(CC)c1ccc(C(O)C(=O)OC)cc1Cl. The Bertz CT molecular complexity index is 414. The van der Waals surface area contributed by atoms with Crippen LogP contribution < -0.4 is 0 Å². The van der Waals surface area contributed by atoms with Gasteiger partial charge in [-0.2, -0.15) is 0 Å². The van der Waals surface area contributed by atoms with Crippen LogP contribution in [0, 0.1) is 0 Å². The second-order valence-corrected chi connectivity index (χ2v) is 4.63. The van der Waals surface area contributed by atoms with E-state index in [-0.39, 0.29) is 0 Å². The molecule has 0 heterocycles. The molecule has 0 aliphatic rings. The standard InChI is InChI=1S/C14H19ClO3/c1-4-9(5-2)11-7-6-10(8-12(11)15)13(16)14(17)18-3/h6-9,13,16H,4-5H2,1-3H3. The average Bonchev–Trinajstić information content (AvgIpc) is 2.40. The normalized spacial score (nSPS) is 12.6. The molecule has 4 heteroatoms. The molecule has 3 nitrogen and oxygen atoms in total. The fourth-order valence-electron chi connectivity index (χ4n) is 2.02. The van der Waals surface area contributed by atoms with Gasteiger partial charge in [-0.15, -0.1) is 0 Å². The van der Waals surface area contributed by atoms with Gasteiger partial charge in [-0.25, -0.2) is 4.79 Å². The van der Waals surface area contributed by atoms with Crippen LogP contribution in [0.5, 0.6) is 0 Å². The van der Waals surface area contributed by atoms with E-state index < -0.39 is 12.1 Å². The predicted molar refractivity (Wildman–Crippen MR) is 71.8 cm³/mol. The van der Waals surface area contributed by atoms with E-state index >= 15 is 0 Å². The van der Waals surface area contributed by atoms with E-state index in [0.29, 0.717) is 16.5 Å². The Morgan fingerprint density at radius 1 is 1.39 bits per heavy atom. The Morgan fingerprint density at radius 3 is 2.44 bits per heavy atom. The molecule has 1 aromatic carbocycles. The lowest BCUT2D eigenvalue weighted by Crippen LogP contribution is -2.13. The van der Waals surface area contributed by atoms with Crippen LogP contribution in [0.4, 0.5) is 0 Å². The van der Waals surface area contributed by atoms with Crippen molar-refractivity contribution in [3.8, 4) is 0 Å². The molecule has 0 bridgehead atoms. The summed E-state index contributed by atoms with van der Waals surface area (Å²) in [6, 6.07) is 5.24. The van der Waals surface area contributed by atoms with E-state index in [9.17, 15) is 9.90 Å². The van der Waals surface area contributed by atoms with Crippen LogP contribution in [0.1, 0.15) is 49.8 Å². The van der Waals surface area contributed by atoms with Gasteiger partial charge in [-0.05, 0) is 36.0 Å². The highest BCUT2D eigenvalue weighted by Crippen LogP contribution is 2.31. The third kappa shape index (κ3) is 3.24. The van der Waals surface area contributed by atoms with Crippen molar-refractivity contribution in [3.05, 3.63) is 34.3 Å². The Kier molecular flexibility index (Phi) is 5.63. The first-order valence-electron chi connectivity index (χ1n) is 6.10. The Balaban J connectivity index is 3.02. The number of hydrogen-bond acceptors (Lipinski definition) is 3. The van der Waals surface area contributed by atoms with E-state index in [1.165, 1.54) is 7.11 Å². The molecule has 0 radical (unpaired) electrons. The van der Waals surface area contributed by atoms with Crippen LogP contribution in [0.2, 0.25) is 5.02 Å². The number of ether oxygens (including phenoxy) is 1. The second kappa shape index (κ2) is 6.76. The van der Waals surface area contributed by atoms with Gasteiger partial charge in [0.25, 0.3) is 0 Å². The van der Waals surface area contributed by atoms with E-state index in [0.717, 1.165) is 18.4 Å². The van der Waals surface area contributed by atoms with Gasteiger partial charge in [0.2, 0.25) is 0 Å². The number of carbonyl (C=O) groups is 1. The number of esters is 1. The quantitative estimate of drug-likeness (QED) is 0.834. The Morgan fingerprint density at radius 2 is 2.00 bits per heavy atom. The van der Waals surface area contributed by atoms with Gasteiger partial charge < -0.3 is 9.84 Å². The predicted octanol–water partition coefficient (Wildman–Crippen LogP) is 3.45. The smallest absolute Gasteiger partial charge is 0.339 e. The molecule has 0 spiro atoms. The van der Waals surface area contributed by atoms with Gasteiger partial charge in [0.05, 0.1) is 7.11 Å². The molecule has 1 atom stereocenters. The Labute approximate surface area is 113 Å². The minimum atomic E-state index is -1.27. The number of aliphatic hydroxyl groups excluding tert-OH is 1. The van der Waals surface area contributed by atoms with Gasteiger partial charge in [0, 0.05) is 5.02 Å². The molecular weight excluding hydrogens is 252 g/mol. The molecule has 0 aromatic heterocycles. The number of carbonyl (C=O) groups excluding carboxylic acids is 1. The number of benzene rings is 1. The summed E-state index contributed by atoms with van der Waals surface area (Å²) in [6.45, 7) is 4.23. The lowest BCUT2D eigenvalue weighted by Gasteiger charge is -2.16. The molecule has 1 unspecified atom stereocenters. The third-order valence-electron chi connectivity index (χ3n) is 3.19. The van der Waals surface area contributed by atoms with Crippen LogP contribution in [-0.2, 0) is 9.53 Å². The van der Waals surface area contributed by atoms with Crippen molar-refractivity contribution in [1.29, 1.82) is 0 Å². The molecule has 0 fully saturated rings. The summed E-state index contributed by atoms with van der Waals surface area (Å²) in [6.07, 6.45) is 0.743. The first-order chi connectivity index (χ1) is 8.54. The van der Waals surface area contributed by atoms with Crippen molar-refractivity contribution in [2.24, 2.45) is 0 Å². The van der Waals surface area contributed by atoms with Crippen molar-refractivity contribution in [2.45, 2.75) is 38.7 Å². The lowest BCUT2D eigenvalue weighted by atomic mass is 9.92. The van der Waals surface area contributed by atoms with Gasteiger partial charge in [0.1, 0.15) is 0 Å². The van der Waals surface area contributed by atoms with E-state index in [1.807, 2.05) is 6.07 Å². The van der Waals surface area contributed by atoms with Crippen molar-refractivity contribution < 1.29 is 14.6 Å². The maximum atomic E-state index is 11.2. The maximum absolute atomic E-state index is 11.2. The highest BCUT2D eigenvalue weighted by Gasteiger charge is 2.20. The third-order valence-corrected chi connectivity index (χ3v) is 3.52. The highest BCUT2D eigenvalue weighted by atomic mass is 35.5. The van der Waals surface area contributed by atoms with Crippen LogP contribution in [0.3, 0.4) is 0 Å². The summed E-state index contributed by atoms with van der Waals surface area (Å²) in [5, 5.41) is 10.3. The molecule has 0 aliphatic heterocycles. The molecular formula is C14H19ClO3. The molecule has 18 heavy (non-hydrogen) atoms. The fraction of sp³-hybridized carbons (Fsp3) is 0.500. The second-order valence-electron chi connectivity index (χ2n) is 4.22. The van der Waals surface area contributed by atoms with Crippen molar-refractivity contribution in [3.63, 3.8) is 0 Å². The maximum Gasteiger partial charge on any atom is 0.339 e. The van der Waals surface area contributed by atoms with Crippen molar-refractivity contribution in [2.75, 3.05) is 7.11 Å². The molecule has 0 saturated carbocycles. The summed E-state index contributed by atoms with van der Waals surface area (Å²) < 4.78 is 4.49. The summed E-state index contributed by atoms with van der Waals surface area (Å²) >= 11 is 6.21. The average molecular weight is 271 g/mol. The van der Waals surface area contributed by atoms with Gasteiger partial charge in [0.15, 0.2) is 6.10 Å². The lowest BCUT2D eigenvalue weighted by molar-refractivity contribution is -0.150. The van der Waals surface area contributed by atoms with Crippen LogP contribution in [0.25, 0.3) is 0 Å². The van der Waals surface area contributed by atoms with Gasteiger partial charge >= 0.3 is 5.97 Å². The van der Waals surface area contributed by atoms with Gasteiger partial charge in [-0.1, -0.05) is 37.6 Å². The van der Waals surface area contributed by atoms with Crippen LogP contribution in [0.15, 0.2) is 18.2 Å². The summed E-state index contributed by atoms with van der Waals surface area (Å²) in [5.74, 6) is -0.275. The van der Waals surface area contributed by atoms with E-state index in [4.69, 9.17) is 11.6 Å². The number of aliphatic hydroxyl groups is 1. The number of halogens is 1. The Hall–Kier alpha value is -1.06. The molecule has 1 N–H and O–H groups in total. The zero-order chi connectivity index (χ0) is 13.7. The fourth-order valence-corrected chi connectivity index (χ4v) is 2.36. The number of methoxy groups -OCH3 is 1. The molecule has 1 aromatic rings. The van der Waals surface area contributed by atoms with Crippen LogP contribution in [-0.4, -0.2) is 18.2 Å². The van der Waals surface area contributed by atoms with Crippen LogP contribution >= 0.6 is 11.6 Å². The molecule has 0 saturated heterocycles. The molecule has 0 amide bonds. The summed E-state index contributed by atoms with van der Waals surface area (Å²) in [5.41, 5.74) is 1.52. The number of hydrogen-bond donors (Lipinski definition) is 1. The topological polar surface area (TPSA) is 46.5 Å². The largest absolute Gasteiger partial charge is 0.467 e. The zero-order valence-corrected chi connectivity index (χ0v) is 11.7.